The molecule has 0 saturated carbocycles. The number of carbonyl (C=O) groups excluding carboxylic acids is 3. The molecule has 2 bridgehead atoms. The van der Waals surface area contributed by atoms with Crippen molar-refractivity contribution in [3.63, 3.8) is 0 Å². The lowest BCUT2D eigenvalue weighted by Gasteiger charge is -2.39. The van der Waals surface area contributed by atoms with Gasteiger partial charge < -0.3 is 20.6 Å². The van der Waals surface area contributed by atoms with Crippen molar-refractivity contribution in [1.82, 2.24) is 15.5 Å². The molecule has 3 aliphatic heterocycles. The van der Waals surface area contributed by atoms with Crippen LogP contribution in [-0.4, -0.2) is 69.0 Å². The first-order valence-corrected chi connectivity index (χ1v) is 12.6. The third-order valence-electron chi connectivity index (χ3n) is 7.95. The topological polar surface area (TPSA) is 98.7 Å². The Balaban J connectivity index is 2.08. The average Bonchev–Trinajstić information content (AvgIpc) is 3.29. The van der Waals surface area contributed by atoms with Gasteiger partial charge in [0.05, 0.1) is 29.2 Å². The predicted molar refractivity (Wildman–Crippen MR) is 122 cm³/mol. The molecule has 0 aromatic carbocycles. The van der Waals surface area contributed by atoms with E-state index in [-0.39, 0.29) is 41.0 Å². The Morgan fingerprint density at radius 2 is 1.94 bits per heavy atom. The van der Waals surface area contributed by atoms with E-state index < -0.39 is 28.7 Å². The molecule has 3 saturated heterocycles. The van der Waals surface area contributed by atoms with Crippen molar-refractivity contribution in [2.24, 2.45) is 17.8 Å². The van der Waals surface area contributed by atoms with Gasteiger partial charge in [-0.1, -0.05) is 33.6 Å². The number of aliphatic hydroxyl groups excluding tert-OH is 1. The molecule has 3 aliphatic rings. The molecule has 8 atom stereocenters. The quantitative estimate of drug-likeness (QED) is 0.495. The standard InChI is InChI=1S/C23H39N3O4S/c1-7-9-14(4)25-20(29)18-23-11-10-22(5,31-23)16(19(28)24-6)17(23)21(30)26(18)15(12-27)13(3)8-2/h13-18,27H,7-12H2,1-6H3,(H,24,28)(H,25,29)/t13-,14?,15-,16+,17-,18?,22-,23?/m0/s1. The maximum absolute atomic E-state index is 13.9. The summed E-state index contributed by atoms with van der Waals surface area (Å²) in [6, 6.07) is -1.10. The van der Waals surface area contributed by atoms with Crippen molar-refractivity contribution in [2.75, 3.05) is 13.7 Å². The molecule has 0 radical (unpaired) electrons. The lowest BCUT2D eigenvalue weighted by Crippen LogP contribution is -2.58. The number of fused-ring (bicyclic) bond motifs is 1. The first kappa shape index (κ1) is 24.4. The highest BCUT2D eigenvalue weighted by molar-refractivity contribution is 8.02. The van der Waals surface area contributed by atoms with Crippen molar-refractivity contribution < 1.29 is 19.5 Å². The summed E-state index contributed by atoms with van der Waals surface area (Å²) in [6.07, 6.45) is 4.14. The number of thioether (sulfide) groups is 1. The third-order valence-corrected chi connectivity index (χ3v) is 9.93. The molecular weight excluding hydrogens is 414 g/mol. The number of aliphatic hydroxyl groups is 1. The minimum Gasteiger partial charge on any atom is -0.394 e. The number of carbonyl (C=O) groups is 3. The zero-order valence-corrected chi connectivity index (χ0v) is 20.6. The van der Waals surface area contributed by atoms with Gasteiger partial charge in [0.15, 0.2) is 0 Å². The number of rotatable bonds is 9. The molecule has 3 heterocycles. The SMILES string of the molecule is CCCC(C)NC(=O)C1N([C@@H](CO)[C@@H](C)CC)C(=O)[C@@H]2[C@H](C(=O)NC)[C@]3(C)CCC12S3. The second-order valence-electron chi connectivity index (χ2n) is 9.92. The molecule has 8 heteroatoms. The van der Waals surface area contributed by atoms with E-state index in [9.17, 15) is 19.5 Å². The monoisotopic (exact) mass is 453 g/mol. The Labute approximate surface area is 190 Å². The van der Waals surface area contributed by atoms with Crippen molar-refractivity contribution in [3.8, 4) is 0 Å². The molecule has 176 valence electrons. The van der Waals surface area contributed by atoms with Crippen molar-refractivity contribution in [3.05, 3.63) is 0 Å². The number of nitrogens with zero attached hydrogens (tertiary/aromatic N) is 1. The van der Waals surface area contributed by atoms with Crippen molar-refractivity contribution in [2.45, 2.75) is 94.3 Å². The molecule has 7 nitrogen and oxygen atoms in total. The highest BCUT2D eigenvalue weighted by atomic mass is 32.2. The normalized spacial score (nSPS) is 36.8. The van der Waals surface area contributed by atoms with Crippen LogP contribution < -0.4 is 10.6 Å². The second kappa shape index (κ2) is 8.93. The zero-order valence-electron chi connectivity index (χ0n) is 19.7. The van der Waals surface area contributed by atoms with Gasteiger partial charge in [0.25, 0.3) is 0 Å². The van der Waals surface area contributed by atoms with Crippen LogP contribution in [0.25, 0.3) is 0 Å². The van der Waals surface area contributed by atoms with Gasteiger partial charge in [-0.3, -0.25) is 14.4 Å². The number of nitrogens with one attached hydrogen (secondary N) is 2. The molecule has 3 amide bonds. The molecule has 3 N–H and O–H groups in total. The Morgan fingerprint density at radius 1 is 1.26 bits per heavy atom. The fraction of sp³-hybridized carbons (Fsp3) is 0.870. The fourth-order valence-corrected chi connectivity index (χ4v) is 8.56. The summed E-state index contributed by atoms with van der Waals surface area (Å²) in [5.41, 5.74) is 0. The Morgan fingerprint density at radius 3 is 2.48 bits per heavy atom. The number of likely N-dealkylation sites (tertiary alicyclic amines) is 1. The van der Waals surface area contributed by atoms with Crippen LogP contribution in [0.1, 0.15) is 66.7 Å². The van der Waals surface area contributed by atoms with Crippen molar-refractivity contribution in [1.29, 1.82) is 0 Å². The van der Waals surface area contributed by atoms with Gasteiger partial charge in [0.1, 0.15) is 6.04 Å². The van der Waals surface area contributed by atoms with Gasteiger partial charge in [-0.05, 0) is 39.0 Å². The Bertz CT molecular complexity index is 734. The first-order valence-electron chi connectivity index (χ1n) is 11.8. The van der Waals surface area contributed by atoms with Crippen LogP contribution >= 0.6 is 11.8 Å². The van der Waals surface area contributed by atoms with Crippen LogP contribution in [-0.2, 0) is 14.4 Å². The molecular formula is C23H39N3O4S. The van der Waals surface area contributed by atoms with Gasteiger partial charge >= 0.3 is 0 Å². The minimum absolute atomic E-state index is 0.00926. The zero-order chi connectivity index (χ0) is 23.1. The number of hydrogen-bond donors (Lipinski definition) is 3. The molecule has 31 heavy (non-hydrogen) atoms. The van der Waals surface area contributed by atoms with E-state index in [1.807, 2.05) is 20.8 Å². The van der Waals surface area contributed by atoms with Gasteiger partial charge in [-0.25, -0.2) is 0 Å². The van der Waals surface area contributed by atoms with E-state index in [0.29, 0.717) is 0 Å². The van der Waals surface area contributed by atoms with E-state index in [1.165, 1.54) is 0 Å². The predicted octanol–water partition coefficient (Wildman–Crippen LogP) is 1.93. The van der Waals surface area contributed by atoms with E-state index in [2.05, 4.69) is 24.5 Å². The summed E-state index contributed by atoms with van der Waals surface area (Å²) in [7, 11) is 1.61. The molecule has 1 spiro atoms. The first-order chi connectivity index (χ1) is 14.6. The number of amides is 3. The summed E-state index contributed by atoms with van der Waals surface area (Å²) in [4.78, 5) is 42.2. The van der Waals surface area contributed by atoms with Crippen LogP contribution in [0.2, 0.25) is 0 Å². The molecule has 0 aliphatic carbocycles. The Kier molecular flexibility index (Phi) is 7.02. The van der Waals surface area contributed by atoms with Gasteiger partial charge in [0.2, 0.25) is 17.7 Å². The highest BCUT2D eigenvalue weighted by Crippen LogP contribution is 2.71. The van der Waals surface area contributed by atoms with E-state index >= 15 is 0 Å². The third kappa shape index (κ3) is 3.67. The van der Waals surface area contributed by atoms with E-state index in [1.54, 1.807) is 23.7 Å². The van der Waals surface area contributed by atoms with Crippen LogP contribution in [0.4, 0.5) is 0 Å². The summed E-state index contributed by atoms with van der Waals surface area (Å²) < 4.78 is -0.981. The van der Waals surface area contributed by atoms with Crippen LogP contribution in [0.5, 0.6) is 0 Å². The van der Waals surface area contributed by atoms with E-state index in [4.69, 9.17) is 0 Å². The van der Waals surface area contributed by atoms with Gasteiger partial charge in [0, 0.05) is 17.8 Å². The van der Waals surface area contributed by atoms with Crippen LogP contribution in [0.3, 0.4) is 0 Å². The maximum atomic E-state index is 13.9. The van der Waals surface area contributed by atoms with Crippen LogP contribution in [0, 0.1) is 17.8 Å². The van der Waals surface area contributed by atoms with Gasteiger partial charge in [-0.15, -0.1) is 11.8 Å². The Hall–Kier alpha value is -1.28. The average molecular weight is 454 g/mol. The lowest BCUT2D eigenvalue weighted by atomic mass is 9.66. The summed E-state index contributed by atoms with van der Waals surface area (Å²) in [5, 5.41) is 16.2. The fourth-order valence-electron chi connectivity index (χ4n) is 6.22. The highest BCUT2D eigenvalue weighted by Gasteiger charge is 2.77. The summed E-state index contributed by atoms with van der Waals surface area (Å²) in [5.74, 6) is -1.37. The minimum atomic E-state index is -0.670. The summed E-state index contributed by atoms with van der Waals surface area (Å²) in [6.45, 7) is 9.98. The molecule has 0 aromatic heterocycles. The smallest absolute Gasteiger partial charge is 0.244 e. The molecule has 0 aromatic rings. The number of hydrogen-bond acceptors (Lipinski definition) is 5. The van der Waals surface area contributed by atoms with Crippen molar-refractivity contribution >= 4 is 29.5 Å². The van der Waals surface area contributed by atoms with E-state index in [0.717, 1.165) is 32.1 Å². The van der Waals surface area contributed by atoms with Gasteiger partial charge in [-0.2, -0.15) is 0 Å². The second-order valence-corrected chi connectivity index (χ2v) is 11.8. The maximum Gasteiger partial charge on any atom is 0.244 e. The summed E-state index contributed by atoms with van der Waals surface area (Å²) >= 11 is 1.67. The van der Waals surface area contributed by atoms with Crippen LogP contribution in [0.15, 0.2) is 0 Å². The molecule has 3 fully saturated rings. The molecule has 3 rings (SSSR count). The molecule has 3 unspecified atom stereocenters. The lowest BCUT2D eigenvalue weighted by molar-refractivity contribution is -0.144. The largest absolute Gasteiger partial charge is 0.394 e.